The van der Waals surface area contributed by atoms with Crippen molar-refractivity contribution in [2.45, 2.75) is 24.7 Å². The number of rotatable bonds is 15. The second-order valence-electron chi connectivity index (χ2n) is 9.83. The van der Waals surface area contributed by atoms with Crippen LogP contribution in [-0.2, 0) is 30.7 Å². The van der Waals surface area contributed by atoms with Crippen molar-refractivity contribution in [2.75, 3.05) is 84.8 Å². The Kier molecular flexibility index (Phi) is 11.6. The maximum absolute atomic E-state index is 13.9. The molecule has 0 aliphatic carbocycles. The van der Waals surface area contributed by atoms with Crippen molar-refractivity contribution in [1.82, 2.24) is 14.2 Å². The van der Waals surface area contributed by atoms with Gasteiger partial charge in [0, 0.05) is 59.1 Å². The molecule has 1 fully saturated rings. The first-order valence-electron chi connectivity index (χ1n) is 14.0. The Hall–Kier alpha value is -2.45. The number of nitrogens with zero attached hydrogens (tertiary/aromatic N) is 4. The second kappa shape index (κ2) is 15.1. The Morgan fingerprint density at radius 3 is 2.34 bits per heavy atom. The van der Waals surface area contributed by atoms with Crippen molar-refractivity contribution in [3.05, 3.63) is 53.6 Å². The molecule has 41 heavy (non-hydrogen) atoms. The van der Waals surface area contributed by atoms with Crippen LogP contribution in [-0.4, -0.2) is 108 Å². The summed E-state index contributed by atoms with van der Waals surface area (Å²) in [4.78, 5) is 22.9. The maximum atomic E-state index is 13.9. The molecule has 10 nitrogen and oxygen atoms in total. The summed E-state index contributed by atoms with van der Waals surface area (Å²) < 4.78 is 44.7. The highest BCUT2D eigenvalue weighted by atomic mass is 32.2. The predicted molar refractivity (Wildman–Crippen MR) is 162 cm³/mol. The Morgan fingerprint density at radius 1 is 1.02 bits per heavy atom. The lowest BCUT2D eigenvalue weighted by Crippen LogP contribution is -2.39. The Labute approximate surface area is 246 Å². The highest BCUT2D eigenvalue weighted by Crippen LogP contribution is 2.31. The summed E-state index contributed by atoms with van der Waals surface area (Å²) in [6, 6.07) is 12.3. The SMILES string of the molecule is CCc1ccc2nc(N(CCCN3CCOCC3)C(=O)c3ccc(S(=O)(=O)N(CCOC)CCOC)cc3)sc2c1. The molecule has 0 N–H and O–H groups in total. The number of thiazole rings is 1. The number of carbonyl (C=O) groups excluding carboxylic acids is 1. The van der Waals surface area contributed by atoms with E-state index in [9.17, 15) is 13.2 Å². The van der Waals surface area contributed by atoms with Crippen molar-refractivity contribution >= 4 is 42.6 Å². The molecule has 2 heterocycles. The molecule has 1 amide bonds. The van der Waals surface area contributed by atoms with Crippen molar-refractivity contribution < 1.29 is 27.4 Å². The predicted octanol–water partition coefficient (Wildman–Crippen LogP) is 3.51. The van der Waals surface area contributed by atoms with Crippen LogP contribution in [0.3, 0.4) is 0 Å². The molecule has 4 rings (SSSR count). The molecule has 0 spiro atoms. The smallest absolute Gasteiger partial charge is 0.260 e. The standard InChI is InChI=1S/C29H40N4O6S2/c1-4-23-6-11-26-27(22-23)40-29(30-26)33(13-5-12-31-14-20-39-21-15-31)28(34)24-7-9-25(10-8-24)41(35,36)32(16-18-37-2)17-19-38-3/h6-11,22H,4-5,12-21H2,1-3H3. The fraction of sp³-hybridized carbons (Fsp3) is 0.517. The summed E-state index contributed by atoms with van der Waals surface area (Å²) in [5.41, 5.74) is 2.49. The van der Waals surface area contributed by atoms with Crippen LogP contribution < -0.4 is 4.90 Å². The third kappa shape index (κ3) is 8.10. The van der Waals surface area contributed by atoms with Crippen molar-refractivity contribution in [1.29, 1.82) is 0 Å². The molecule has 0 radical (unpaired) electrons. The van der Waals surface area contributed by atoms with Crippen LogP contribution in [0.25, 0.3) is 10.2 Å². The van der Waals surface area contributed by atoms with E-state index in [-0.39, 0.29) is 37.1 Å². The quantitative estimate of drug-likeness (QED) is 0.260. The zero-order chi connectivity index (χ0) is 29.2. The molecule has 224 valence electrons. The molecular formula is C29H40N4O6S2. The fourth-order valence-electron chi connectivity index (χ4n) is 4.67. The van der Waals surface area contributed by atoms with E-state index in [1.807, 2.05) is 6.07 Å². The highest BCUT2D eigenvalue weighted by Gasteiger charge is 2.26. The lowest BCUT2D eigenvalue weighted by molar-refractivity contribution is 0.0376. The third-order valence-electron chi connectivity index (χ3n) is 7.11. The molecule has 1 aromatic heterocycles. The molecule has 0 unspecified atom stereocenters. The second-order valence-corrected chi connectivity index (χ2v) is 12.8. The molecule has 1 saturated heterocycles. The number of aromatic nitrogens is 1. The van der Waals surface area contributed by atoms with Crippen LogP contribution in [0.5, 0.6) is 0 Å². The number of amides is 1. The van der Waals surface area contributed by atoms with Crippen molar-refractivity contribution in [3.8, 4) is 0 Å². The van der Waals surface area contributed by atoms with Crippen molar-refractivity contribution in [3.63, 3.8) is 0 Å². The molecule has 1 aliphatic heterocycles. The molecule has 0 atom stereocenters. The molecule has 2 aromatic carbocycles. The number of methoxy groups -OCH3 is 2. The Morgan fingerprint density at radius 2 is 1.71 bits per heavy atom. The maximum Gasteiger partial charge on any atom is 0.260 e. The topological polar surface area (TPSA) is 102 Å². The highest BCUT2D eigenvalue weighted by molar-refractivity contribution is 7.89. The minimum absolute atomic E-state index is 0.118. The number of ether oxygens (including phenoxy) is 3. The molecule has 0 saturated carbocycles. The van der Waals surface area contributed by atoms with Gasteiger partial charge >= 0.3 is 0 Å². The van der Waals surface area contributed by atoms with Gasteiger partial charge < -0.3 is 14.2 Å². The largest absolute Gasteiger partial charge is 0.383 e. The van der Waals surface area contributed by atoms with Gasteiger partial charge in [-0.25, -0.2) is 13.4 Å². The number of morpholine rings is 1. The molecule has 12 heteroatoms. The van der Waals surface area contributed by atoms with Gasteiger partial charge in [-0.2, -0.15) is 4.31 Å². The first kappa shape index (κ1) is 31.5. The number of fused-ring (bicyclic) bond motifs is 1. The summed E-state index contributed by atoms with van der Waals surface area (Å²) in [5, 5.41) is 0.641. The van der Waals surface area contributed by atoms with E-state index in [0.29, 0.717) is 17.2 Å². The number of aryl methyl sites for hydroxylation is 1. The number of carbonyl (C=O) groups is 1. The fourth-order valence-corrected chi connectivity index (χ4v) is 7.13. The Balaban J connectivity index is 1.57. The molecule has 3 aromatic rings. The minimum atomic E-state index is -3.79. The van der Waals surface area contributed by atoms with Gasteiger partial charge in [-0.15, -0.1) is 0 Å². The summed E-state index contributed by atoms with van der Waals surface area (Å²) in [6.07, 6.45) is 1.71. The number of sulfonamides is 1. The van der Waals surface area contributed by atoms with Crippen LogP contribution in [0.1, 0.15) is 29.3 Å². The zero-order valence-corrected chi connectivity index (χ0v) is 25.7. The van der Waals surface area contributed by atoms with Gasteiger partial charge in [-0.1, -0.05) is 24.3 Å². The monoisotopic (exact) mass is 604 g/mol. The third-order valence-corrected chi connectivity index (χ3v) is 10.1. The van der Waals surface area contributed by atoms with E-state index in [1.54, 1.807) is 17.0 Å². The van der Waals surface area contributed by atoms with Crippen LogP contribution >= 0.6 is 11.3 Å². The van der Waals surface area contributed by atoms with E-state index >= 15 is 0 Å². The Bertz CT molecular complexity index is 1370. The number of hydrogen-bond donors (Lipinski definition) is 0. The van der Waals surface area contributed by atoms with Gasteiger partial charge in [0.1, 0.15) is 0 Å². The number of benzene rings is 2. The summed E-state index contributed by atoms with van der Waals surface area (Å²) in [7, 11) is -0.728. The van der Waals surface area contributed by atoms with Gasteiger partial charge in [0.05, 0.1) is 41.5 Å². The lowest BCUT2D eigenvalue weighted by Gasteiger charge is -2.27. The van der Waals surface area contributed by atoms with E-state index < -0.39 is 10.0 Å². The van der Waals surface area contributed by atoms with Gasteiger partial charge in [-0.3, -0.25) is 14.6 Å². The van der Waals surface area contributed by atoms with Crippen LogP contribution in [0.15, 0.2) is 47.4 Å². The van der Waals surface area contributed by atoms with Gasteiger partial charge in [-0.05, 0) is 54.8 Å². The van der Waals surface area contributed by atoms with E-state index in [0.717, 1.165) is 55.9 Å². The van der Waals surface area contributed by atoms with E-state index in [2.05, 4.69) is 24.0 Å². The first-order chi connectivity index (χ1) is 19.9. The number of anilines is 1. The summed E-state index contributed by atoms with van der Waals surface area (Å²) >= 11 is 1.50. The van der Waals surface area contributed by atoms with Gasteiger partial charge in [0.15, 0.2) is 5.13 Å². The summed E-state index contributed by atoms with van der Waals surface area (Å²) in [6.45, 7) is 7.63. The molecular weight excluding hydrogens is 564 g/mol. The van der Waals surface area contributed by atoms with Crippen LogP contribution in [0.2, 0.25) is 0 Å². The van der Waals surface area contributed by atoms with E-state index in [1.165, 1.54) is 47.6 Å². The molecule has 1 aliphatic rings. The van der Waals surface area contributed by atoms with Gasteiger partial charge in [0.2, 0.25) is 10.0 Å². The average Bonchev–Trinajstić information content (AvgIpc) is 3.42. The van der Waals surface area contributed by atoms with Crippen molar-refractivity contribution in [2.24, 2.45) is 0 Å². The summed E-state index contributed by atoms with van der Waals surface area (Å²) in [5.74, 6) is -0.207. The van der Waals surface area contributed by atoms with Gasteiger partial charge in [0.25, 0.3) is 5.91 Å². The lowest BCUT2D eigenvalue weighted by atomic mass is 10.2. The zero-order valence-electron chi connectivity index (χ0n) is 24.1. The first-order valence-corrected chi connectivity index (χ1v) is 16.2. The minimum Gasteiger partial charge on any atom is -0.383 e. The average molecular weight is 605 g/mol. The van der Waals surface area contributed by atoms with Crippen LogP contribution in [0.4, 0.5) is 5.13 Å². The van der Waals surface area contributed by atoms with E-state index in [4.69, 9.17) is 19.2 Å². The normalized spacial score (nSPS) is 14.6. The number of hydrogen-bond acceptors (Lipinski definition) is 9. The van der Waals surface area contributed by atoms with Crippen LogP contribution in [0, 0.1) is 0 Å². The molecule has 0 bridgehead atoms.